The molecule has 1 aliphatic heterocycles. The minimum atomic E-state index is 0. The minimum Gasteiger partial charge on any atom is -1.00 e. The maximum atomic E-state index is 10.5. The Balaban J connectivity index is 0.00000112. The number of carbonyl (C=O) groups excluding carboxylic acids is 1. The molecular formula is C9H9ClN4O. The third-order valence-electron chi connectivity index (χ3n) is 1.94. The van der Waals surface area contributed by atoms with Gasteiger partial charge in [0.05, 0.1) is 5.22 Å². The standard InChI is InChI=1S/C9H8N4O.ClH/c14-7-9-10-11-12-13(9)6-8-4-2-1-3-5-8;/h1-5,7H,6H2;1H. The summed E-state index contributed by atoms with van der Waals surface area (Å²) in [7, 11) is 0. The quantitative estimate of drug-likeness (QED) is 0.546. The van der Waals surface area contributed by atoms with Crippen LogP contribution in [0.2, 0.25) is 0 Å². The maximum Gasteiger partial charge on any atom is 0.315 e. The van der Waals surface area contributed by atoms with Gasteiger partial charge in [-0.2, -0.15) is 0 Å². The number of halogens is 1. The molecule has 15 heavy (non-hydrogen) atoms. The van der Waals surface area contributed by atoms with Crippen LogP contribution >= 0.6 is 0 Å². The molecular weight excluding hydrogens is 216 g/mol. The van der Waals surface area contributed by atoms with Crippen LogP contribution in [0.3, 0.4) is 0 Å². The summed E-state index contributed by atoms with van der Waals surface area (Å²) in [5.74, 6) is 0.328. The molecule has 5 nitrogen and oxygen atoms in total. The van der Waals surface area contributed by atoms with Crippen molar-refractivity contribution in [3.05, 3.63) is 35.9 Å². The Hall–Kier alpha value is -1.59. The average molecular weight is 225 g/mol. The molecule has 0 saturated carbocycles. The molecule has 78 valence electrons. The van der Waals surface area contributed by atoms with Gasteiger partial charge in [0.25, 0.3) is 0 Å². The maximum absolute atomic E-state index is 10.5. The van der Waals surface area contributed by atoms with E-state index >= 15 is 0 Å². The topological polar surface area (TPSA) is 58.6 Å². The first kappa shape index (κ1) is 11.5. The minimum absolute atomic E-state index is 0. The summed E-state index contributed by atoms with van der Waals surface area (Å²) < 4.78 is 0. The molecule has 0 spiro atoms. The number of rotatable bonds is 3. The van der Waals surface area contributed by atoms with Gasteiger partial charge in [-0.1, -0.05) is 35.4 Å². The first-order valence-electron chi connectivity index (χ1n) is 4.24. The summed E-state index contributed by atoms with van der Waals surface area (Å²) in [5.41, 5.74) is 1.10. The fourth-order valence-corrected chi connectivity index (χ4v) is 1.24. The molecule has 1 aromatic carbocycles. The number of benzene rings is 1. The van der Waals surface area contributed by atoms with Crippen LogP contribution in [0.25, 0.3) is 0 Å². The van der Waals surface area contributed by atoms with E-state index in [1.165, 1.54) is 0 Å². The molecule has 2 rings (SSSR count). The van der Waals surface area contributed by atoms with Crippen LogP contribution in [0.5, 0.6) is 0 Å². The molecule has 1 atom stereocenters. The van der Waals surface area contributed by atoms with Gasteiger partial charge in [-0.15, -0.1) is 5.01 Å². The van der Waals surface area contributed by atoms with Crippen molar-refractivity contribution in [2.24, 2.45) is 15.5 Å². The second-order valence-electron chi connectivity index (χ2n) is 2.90. The van der Waals surface area contributed by atoms with Crippen molar-refractivity contribution in [1.82, 2.24) is 0 Å². The van der Waals surface area contributed by atoms with E-state index in [-0.39, 0.29) is 12.4 Å². The van der Waals surface area contributed by atoms with Crippen molar-refractivity contribution in [2.45, 2.75) is 6.54 Å². The Bertz CT molecular complexity index is 390. The first-order chi connectivity index (χ1) is 6.90. The Labute approximate surface area is 92.9 Å². The lowest BCUT2D eigenvalue weighted by Crippen LogP contribution is -3.08. The van der Waals surface area contributed by atoms with E-state index in [1.807, 2.05) is 30.3 Å². The van der Waals surface area contributed by atoms with E-state index in [9.17, 15) is 4.79 Å². The number of hydrogen-bond acceptors (Lipinski definition) is 4. The van der Waals surface area contributed by atoms with E-state index < -0.39 is 0 Å². The van der Waals surface area contributed by atoms with Gasteiger partial charge in [0.2, 0.25) is 6.29 Å². The van der Waals surface area contributed by atoms with Crippen molar-refractivity contribution in [2.75, 3.05) is 0 Å². The third kappa shape index (κ3) is 2.68. The Morgan fingerprint density at radius 1 is 1.27 bits per heavy atom. The lowest BCUT2D eigenvalue weighted by Gasteiger charge is -2.03. The van der Waals surface area contributed by atoms with Crippen molar-refractivity contribution >= 4 is 12.1 Å². The van der Waals surface area contributed by atoms with Gasteiger partial charge < -0.3 is 12.4 Å². The van der Waals surface area contributed by atoms with Crippen LogP contribution < -0.4 is 17.4 Å². The van der Waals surface area contributed by atoms with E-state index in [0.29, 0.717) is 23.7 Å². The molecule has 1 unspecified atom stereocenters. The molecule has 6 heteroatoms. The number of carbonyl (C=O) groups is 1. The average Bonchev–Trinajstić information content (AvgIpc) is 2.67. The van der Waals surface area contributed by atoms with Crippen molar-refractivity contribution in [3.8, 4) is 0 Å². The zero-order valence-corrected chi connectivity index (χ0v) is 8.55. The number of aldehydes is 1. The predicted molar refractivity (Wildman–Crippen MR) is 49.5 cm³/mol. The monoisotopic (exact) mass is 224 g/mol. The van der Waals surface area contributed by atoms with Crippen LogP contribution in [0.1, 0.15) is 5.56 Å². The number of amidine groups is 1. The van der Waals surface area contributed by atoms with Crippen molar-refractivity contribution in [1.29, 1.82) is 0 Å². The highest BCUT2D eigenvalue weighted by Crippen LogP contribution is 1.96. The van der Waals surface area contributed by atoms with Crippen LogP contribution in [-0.2, 0) is 11.3 Å². The highest BCUT2D eigenvalue weighted by molar-refractivity contribution is 6.22. The summed E-state index contributed by atoms with van der Waals surface area (Å²) in [4.78, 5) is 10.5. The molecule has 0 fully saturated rings. The first-order valence-corrected chi connectivity index (χ1v) is 4.24. The number of quaternary nitrogens is 1. The number of nitrogens with zero attached hydrogens (tertiary/aromatic N) is 3. The molecule has 1 aliphatic rings. The van der Waals surface area contributed by atoms with E-state index in [4.69, 9.17) is 0 Å². The molecule has 1 N–H and O–H groups in total. The summed E-state index contributed by atoms with van der Waals surface area (Å²) >= 11 is 0. The number of nitrogens with one attached hydrogen (secondary N) is 1. The molecule has 1 heterocycles. The van der Waals surface area contributed by atoms with Crippen LogP contribution in [0, 0.1) is 0 Å². The Kier molecular flexibility index (Phi) is 4.08. The fraction of sp³-hybridized carbons (Fsp3) is 0.111. The molecule has 0 radical (unpaired) electrons. The highest BCUT2D eigenvalue weighted by Gasteiger charge is 2.21. The highest BCUT2D eigenvalue weighted by atomic mass is 35.5. The second kappa shape index (κ2) is 5.33. The van der Waals surface area contributed by atoms with E-state index in [1.54, 1.807) is 0 Å². The van der Waals surface area contributed by atoms with E-state index in [2.05, 4.69) is 15.5 Å². The molecule has 0 aliphatic carbocycles. The van der Waals surface area contributed by atoms with Gasteiger partial charge in [-0.05, 0) is 0 Å². The van der Waals surface area contributed by atoms with Gasteiger partial charge in [0.1, 0.15) is 6.54 Å². The molecule has 0 amide bonds. The van der Waals surface area contributed by atoms with E-state index in [0.717, 1.165) is 5.56 Å². The van der Waals surface area contributed by atoms with Crippen molar-refractivity contribution in [3.63, 3.8) is 0 Å². The van der Waals surface area contributed by atoms with Crippen molar-refractivity contribution < 1.29 is 22.2 Å². The molecule has 0 saturated heterocycles. The largest absolute Gasteiger partial charge is 1.00 e. The third-order valence-corrected chi connectivity index (χ3v) is 1.94. The molecule has 0 aromatic heterocycles. The van der Waals surface area contributed by atoms with Gasteiger partial charge in [-0.25, -0.2) is 0 Å². The lowest BCUT2D eigenvalue weighted by atomic mass is 10.2. The summed E-state index contributed by atoms with van der Waals surface area (Å²) in [6, 6.07) is 9.78. The molecule has 0 bridgehead atoms. The molecule has 1 aromatic rings. The van der Waals surface area contributed by atoms with Crippen LogP contribution in [0.15, 0.2) is 45.9 Å². The van der Waals surface area contributed by atoms with Gasteiger partial charge in [0.15, 0.2) is 0 Å². The summed E-state index contributed by atoms with van der Waals surface area (Å²) in [6.45, 7) is 0.599. The number of hydrogen-bond donors (Lipinski definition) is 1. The lowest BCUT2D eigenvalue weighted by molar-refractivity contribution is -0.826. The van der Waals surface area contributed by atoms with Gasteiger partial charge >= 0.3 is 5.84 Å². The Morgan fingerprint density at radius 3 is 2.67 bits per heavy atom. The zero-order chi connectivity index (χ0) is 9.80. The van der Waals surface area contributed by atoms with Crippen LogP contribution in [-0.4, -0.2) is 12.1 Å². The van der Waals surface area contributed by atoms with Gasteiger partial charge in [-0.3, -0.25) is 4.79 Å². The normalized spacial score (nSPS) is 18.1. The Morgan fingerprint density at radius 2 is 2.00 bits per heavy atom. The zero-order valence-electron chi connectivity index (χ0n) is 7.80. The summed E-state index contributed by atoms with van der Waals surface area (Å²) in [5, 5.41) is 11.5. The SMILES string of the molecule is O=CC1=NN=N[NH+]1Cc1ccccc1.[Cl-]. The fourth-order valence-electron chi connectivity index (χ4n) is 1.24. The summed E-state index contributed by atoms with van der Waals surface area (Å²) in [6.07, 6.45) is 0.679. The second-order valence-corrected chi connectivity index (χ2v) is 2.90. The predicted octanol–water partition coefficient (Wildman–Crippen LogP) is -3.03. The van der Waals surface area contributed by atoms with Gasteiger partial charge in [0, 0.05) is 10.8 Å². The smallest absolute Gasteiger partial charge is 0.315 e. The van der Waals surface area contributed by atoms with Crippen LogP contribution in [0.4, 0.5) is 0 Å².